The number of isocyanates is 1. The maximum atomic E-state index is 10.9. The minimum atomic E-state index is -0.695. The summed E-state index contributed by atoms with van der Waals surface area (Å²) in [5.74, 6) is 0. The molecule has 0 saturated heterocycles. The summed E-state index contributed by atoms with van der Waals surface area (Å²) in [6.45, 7) is 4.61. The van der Waals surface area contributed by atoms with Crippen molar-refractivity contribution < 1.29 is 14.3 Å². The fourth-order valence-corrected chi connectivity index (χ4v) is 2.11. The highest BCUT2D eigenvalue weighted by Crippen LogP contribution is 2.25. The Hall–Kier alpha value is -1.35. The second kappa shape index (κ2) is 10.6. The minimum absolute atomic E-state index is 0.442. The quantitative estimate of drug-likeness (QED) is 0.355. The third-order valence-corrected chi connectivity index (χ3v) is 3.20. The maximum absolute atomic E-state index is 10.9. The smallest absolute Gasteiger partial charge is 0.405 e. The van der Waals surface area contributed by atoms with Crippen molar-refractivity contribution in [3.8, 4) is 0 Å². The van der Waals surface area contributed by atoms with Crippen LogP contribution in [0.1, 0.15) is 65.2 Å². The van der Waals surface area contributed by atoms with Gasteiger partial charge in [0, 0.05) is 0 Å². The normalized spacial score (nSPS) is 13.4. The van der Waals surface area contributed by atoms with Crippen LogP contribution in [0.2, 0.25) is 0 Å². The SMILES string of the molecule is CCCCC(C)(CCCCCCN=C=O)OC(N)=O. The lowest BCUT2D eigenvalue weighted by Gasteiger charge is -2.28. The molecule has 0 bridgehead atoms. The van der Waals surface area contributed by atoms with Crippen molar-refractivity contribution in [3.05, 3.63) is 0 Å². The van der Waals surface area contributed by atoms with Crippen LogP contribution in [0, 0.1) is 0 Å². The molecule has 2 N–H and O–H groups in total. The second-order valence-electron chi connectivity index (χ2n) is 5.11. The molecule has 0 aromatic heterocycles. The van der Waals surface area contributed by atoms with Gasteiger partial charge in [0.1, 0.15) is 5.60 Å². The molecule has 0 heterocycles. The predicted molar refractivity (Wildman–Crippen MR) is 74.7 cm³/mol. The van der Waals surface area contributed by atoms with E-state index in [4.69, 9.17) is 10.5 Å². The molecular formula is C14H26N2O3. The van der Waals surface area contributed by atoms with Crippen molar-refractivity contribution in [2.45, 2.75) is 70.8 Å². The molecule has 1 amide bonds. The molecule has 0 aliphatic carbocycles. The van der Waals surface area contributed by atoms with Gasteiger partial charge < -0.3 is 10.5 Å². The molecule has 0 fully saturated rings. The van der Waals surface area contributed by atoms with Crippen molar-refractivity contribution in [1.82, 2.24) is 0 Å². The summed E-state index contributed by atoms with van der Waals surface area (Å²) in [5, 5.41) is 0. The first-order valence-electron chi connectivity index (χ1n) is 7.06. The van der Waals surface area contributed by atoms with E-state index < -0.39 is 11.7 Å². The maximum Gasteiger partial charge on any atom is 0.405 e. The molecule has 0 aliphatic rings. The van der Waals surface area contributed by atoms with Gasteiger partial charge in [0.05, 0.1) is 6.54 Å². The number of primary amides is 1. The standard InChI is InChI=1S/C14H26N2O3/c1-3-4-9-14(2,19-13(15)18)10-7-5-6-8-11-16-12-17/h3-11H2,1-2H3,(H2,15,18). The fraction of sp³-hybridized carbons (Fsp3) is 0.857. The van der Waals surface area contributed by atoms with Crippen LogP contribution in [-0.4, -0.2) is 24.3 Å². The van der Waals surface area contributed by atoms with Crippen LogP contribution >= 0.6 is 0 Å². The van der Waals surface area contributed by atoms with Crippen LogP contribution in [0.5, 0.6) is 0 Å². The molecule has 0 aliphatic heterocycles. The summed E-state index contributed by atoms with van der Waals surface area (Å²) in [7, 11) is 0. The first kappa shape index (κ1) is 17.6. The summed E-state index contributed by atoms with van der Waals surface area (Å²) in [6, 6.07) is 0. The van der Waals surface area contributed by atoms with E-state index >= 15 is 0 Å². The van der Waals surface area contributed by atoms with Crippen LogP contribution in [0.3, 0.4) is 0 Å². The first-order valence-corrected chi connectivity index (χ1v) is 7.06. The van der Waals surface area contributed by atoms with Crippen LogP contribution in [0.15, 0.2) is 4.99 Å². The largest absolute Gasteiger partial charge is 0.443 e. The number of rotatable bonds is 11. The van der Waals surface area contributed by atoms with Crippen molar-refractivity contribution in [1.29, 1.82) is 0 Å². The van der Waals surface area contributed by atoms with E-state index in [0.717, 1.165) is 51.4 Å². The van der Waals surface area contributed by atoms with Gasteiger partial charge in [-0.2, -0.15) is 0 Å². The number of carbonyl (C=O) groups excluding carboxylic acids is 2. The molecule has 19 heavy (non-hydrogen) atoms. The van der Waals surface area contributed by atoms with Crippen molar-refractivity contribution in [2.75, 3.05) is 6.54 Å². The van der Waals surface area contributed by atoms with Gasteiger partial charge >= 0.3 is 6.09 Å². The van der Waals surface area contributed by atoms with Crippen LogP contribution in [-0.2, 0) is 9.53 Å². The van der Waals surface area contributed by atoms with Gasteiger partial charge in [-0.1, -0.05) is 26.2 Å². The monoisotopic (exact) mass is 270 g/mol. The Morgan fingerprint density at radius 1 is 1.21 bits per heavy atom. The average molecular weight is 270 g/mol. The molecule has 110 valence electrons. The lowest BCUT2D eigenvalue weighted by atomic mass is 9.92. The summed E-state index contributed by atoms with van der Waals surface area (Å²) in [6.07, 6.45) is 8.55. The van der Waals surface area contributed by atoms with Gasteiger partial charge in [0.15, 0.2) is 0 Å². The Balaban J connectivity index is 3.91. The average Bonchev–Trinajstić information content (AvgIpc) is 2.34. The lowest BCUT2D eigenvalue weighted by molar-refractivity contribution is 0.0142. The van der Waals surface area contributed by atoms with Crippen LogP contribution in [0.25, 0.3) is 0 Å². The van der Waals surface area contributed by atoms with E-state index in [1.807, 2.05) is 6.92 Å². The molecule has 0 saturated carbocycles. The fourth-order valence-electron chi connectivity index (χ4n) is 2.11. The van der Waals surface area contributed by atoms with Crippen molar-refractivity contribution in [3.63, 3.8) is 0 Å². The zero-order valence-corrected chi connectivity index (χ0v) is 12.1. The van der Waals surface area contributed by atoms with Gasteiger partial charge in [-0.15, -0.1) is 0 Å². The number of amides is 1. The first-order chi connectivity index (χ1) is 9.04. The van der Waals surface area contributed by atoms with Gasteiger partial charge in [0.25, 0.3) is 0 Å². The van der Waals surface area contributed by atoms with Gasteiger partial charge in [0.2, 0.25) is 6.08 Å². The molecule has 0 radical (unpaired) electrons. The van der Waals surface area contributed by atoms with E-state index in [9.17, 15) is 9.59 Å². The summed E-state index contributed by atoms with van der Waals surface area (Å²) < 4.78 is 5.25. The third-order valence-electron chi connectivity index (χ3n) is 3.20. The van der Waals surface area contributed by atoms with Gasteiger partial charge in [-0.05, 0) is 39.0 Å². The highest BCUT2D eigenvalue weighted by Gasteiger charge is 2.26. The number of ether oxygens (including phenoxy) is 1. The van der Waals surface area contributed by atoms with Crippen molar-refractivity contribution >= 4 is 12.2 Å². The van der Waals surface area contributed by atoms with E-state index in [1.54, 1.807) is 0 Å². The van der Waals surface area contributed by atoms with Crippen molar-refractivity contribution in [2.24, 2.45) is 10.7 Å². The Kier molecular flexibility index (Phi) is 9.81. The number of aliphatic imine (C=N–C) groups is 1. The highest BCUT2D eigenvalue weighted by molar-refractivity contribution is 5.65. The second-order valence-corrected chi connectivity index (χ2v) is 5.11. The zero-order chi connectivity index (χ0) is 14.6. The van der Waals surface area contributed by atoms with E-state index in [1.165, 1.54) is 6.08 Å². The molecule has 0 aromatic carbocycles. The topological polar surface area (TPSA) is 81.8 Å². The molecule has 1 atom stereocenters. The number of unbranched alkanes of at least 4 members (excludes halogenated alkanes) is 4. The molecule has 0 spiro atoms. The van der Waals surface area contributed by atoms with Crippen LogP contribution < -0.4 is 5.73 Å². The Morgan fingerprint density at radius 2 is 1.84 bits per heavy atom. The zero-order valence-electron chi connectivity index (χ0n) is 12.1. The molecule has 5 nitrogen and oxygen atoms in total. The van der Waals surface area contributed by atoms with E-state index in [0.29, 0.717) is 6.54 Å². The number of hydrogen-bond acceptors (Lipinski definition) is 4. The van der Waals surface area contributed by atoms with E-state index in [2.05, 4.69) is 11.9 Å². The molecule has 0 rings (SSSR count). The number of carbonyl (C=O) groups is 1. The Morgan fingerprint density at radius 3 is 2.42 bits per heavy atom. The number of hydrogen-bond donors (Lipinski definition) is 1. The number of nitrogens with two attached hydrogens (primary N) is 1. The third kappa shape index (κ3) is 10.3. The molecule has 5 heteroatoms. The minimum Gasteiger partial charge on any atom is -0.443 e. The molecular weight excluding hydrogens is 244 g/mol. The number of nitrogens with zero attached hydrogens (tertiary/aromatic N) is 1. The molecule has 0 aromatic rings. The summed E-state index contributed by atoms with van der Waals surface area (Å²) in [5.41, 5.74) is 4.68. The van der Waals surface area contributed by atoms with Gasteiger partial charge in [-0.25, -0.2) is 14.6 Å². The van der Waals surface area contributed by atoms with Crippen LogP contribution in [0.4, 0.5) is 4.79 Å². The molecule has 1 unspecified atom stereocenters. The Labute approximate surface area is 115 Å². The highest BCUT2D eigenvalue weighted by atomic mass is 16.6. The summed E-state index contributed by atoms with van der Waals surface area (Å²) >= 11 is 0. The summed E-state index contributed by atoms with van der Waals surface area (Å²) in [4.78, 5) is 24.3. The lowest BCUT2D eigenvalue weighted by Crippen LogP contribution is -2.34. The Bertz CT molecular complexity index is 301. The predicted octanol–water partition coefficient (Wildman–Crippen LogP) is 3.32. The van der Waals surface area contributed by atoms with Gasteiger partial charge in [-0.3, -0.25) is 0 Å². The van der Waals surface area contributed by atoms with E-state index in [-0.39, 0.29) is 0 Å².